The van der Waals surface area contributed by atoms with E-state index in [9.17, 15) is 14.7 Å². The van der Waals surface area contributed by atoms with Crippen molar-refractivity contribution in [3.63, 3.8) is 0 Å². The number of rotatable bonds is 8. The van der Waals surface area contributed by atoms with Crippen LogP contribution in [0.1, 0.15) is 33.1 Å². The van der Waals surface area contributed by atoms with Crippen LogP contribution >= 0.6 is 0 Å². The second-order valence-corrected chi connectivity index (χ2v) is 5.85. The van der Waals surface area contributed by atoms with Crippen LogP contribution in [-0.4, -0.2) is 66.9 Å². The van der Waals surface area contributed by atoms with Crippen LogP contribution < -0.4 is 10.6 Å². The van der Waals surface area contributed by atoms with Crippen LogP contribution in [0.25, 0.3) is 0 Å². The van der Waals surface area contributed by atoms with E-state index < -0.39 is 17.5 Å². The molecule has 1 rings (SSSR count). The number of nitrogens with zero attached hydrogens (tertiary/aromatic N) is 1. The molecule has 0 aromatic rings. The highest BCUT2D eigenvalue weighted by Gasteiger charge is 2.43. The van der Waals surface area contributed by atoms with Gasteiger partial charge in [0.1, 0.15) is 0 Å². The van der Waals surface area contributed by atoms with Crippen molar-refractivity contribution < 1.29 is 19.4 Å². The summed E-state index contributed by atoms with van der Waals surface area (Å²) in [6, 6.07) is 0.0687. The zero-order chi connectivity index (χ0) is 15.9. The minimum Gasteiger partial charge on any atom is -0.479 e. The lowest BCUT2D eigenvalue weighted by Crippen LogP contribution is -2.57. The molecule has 1 unspecified atom stereocenters. The van der Waals surface area contributed by atoms with Gasteiger partial charge in [-0.1, -0.05) is 0 Å². The predicted molar refractivity (Wildman–Crippen MR) is 79.3 cm³/mol. The van der Waals surface area contributed by atoms with E-state index in [0.29, 0.717) is 25.6 Å². The molecule has 1 saturated heterocycles. The molecule has 7 heteroatoms. The molecule has 0 bridgehead atoms. The van der Waals surface area contributed by atoms with Gasteiger partial charge in [0, 0.05) is 25.6 Å². The summed E-state index contributed by atoms with van der Waals surface area (Å²) in [5.41, 5.74) is -1.28. The van der Waals surface area contributed by atoms with Gasteiger partial charge in [-0.25, -0.2) is 9.59 Å². The molecular weight excluding hydrogens is 274 g/mol. The molecule has 3 N–H and O–H groups in total. The normalized spacial score (nSPS) is 21.8. The maximum atomic E-state index is 11.8. The van der Waals surface area contributed by atoms with Crippen molar-refractivity contribution in [1.82, 2.24) is 15.5 Å². The molecule has 2 amide bonds. The summed E-state index contributed by atoms with van der Waals surface area (Å²) in [4.78, 5) is 25.3. The van der Waals surface area contributed by atoms with E-state index in [1.807, 2.05) is 0 Å². The first-order chi connectivity index (χ1) is 9.87. The first-order valence-corrected chi connectivity index (χ1v) is 7.45. The SMILES string of the molecule is CC(C)N(C)CCCCNC(=O)NC1(C(=O)O)CCOC1. The number of aliphatic carboxylic acids is 1. The third kappa shape index (κ3) is 5.51. The van der Waals surface area contributed by atoms with Gasteiger partial charge in [-0.05, 0) is 40.3 Å². The standard InChI is InChI=1S/C14H27N3O4/c1-11(2)17(3)8-5-4-7-15-13(20)16-14(12(18)19)6-9-21-10-14/h11H,4-10H2,1-3H3,(H,18,19)(H2,15,16,20). The van der Waals surface area contributed by atoms with Gasteiger partial charge in [0.15, 0.2) is 5.54 Å². The quantitative estimate of drug-likeness (QED) is 0.573. The van der Waals surface area contributed by atoms with Gasteiger partial charge in [0.2, 0.25) is 0 Å². The fourth-order valence-corrected chi connectivity index (χ4v) is 2.09. The van der Waals surface area contributed by atoms with Crippen molar-refractivity contribution in [3.05, 3.63) is 0 Å². The first-order valence-electron chi connectivity index (χ1n) is 7.45. The van der Waals surface area contributed by atoms with E-state index >= 15 is 0 Å². The van der Waals surface area contributed by atoms with Gasteiger partial charge < -0.3 is 25.4 Å². The average molecular weight is 301 g/mol. The van der Waals surface area contributed by atoms with E-state index in [0.717, 1.165) is 19.4 Å². The van der Waals surface area contributed by atoms with E-state index in [4.69, 9.17) is 4.74 Å². The number of nitrogens with one attached hydrogen (secondary N) is 2. The maximum Gasteiger partial charge on any atom is 0.332 e. The van der Waals surface area contributed by atoms with Crippen molar-refractivity contribution in [1.29, 1.82) is 0 Å². The largest absolute Gasteiger partial charge is 0.479 e. The van der Waals surface area contributed by atoms with Crippen molar-refractivity contribution in [3.8, 4) is 0 Å². The summed E-state index contributed by atoms with van der Waals surface area (Å²) in [7, 11) is 2.07. The van der Waals surface area contributed by atoms with E-state index in [2.05, 4.69) is 36.4 Å². The number of carbonyl (C=O) groups is 2. The van der Waals surface area contributed by atoms with Crippen LogP contribution in [0, 0.1) is 0 Å². The molecule has 0 aliphatic carbocycles. The van der Waals surface area contributed by atoms with Gasteiger partial charge >= 0.3 is 12.0 Å². The second-order valence-electron chi connectivity index (χ2n) is 5.85. The zero-order valence-electron chi connectivity index (χ0n) is 13.1. The van der Waals surface area contributed by atoms with E-state index in [1.165, 1.54) is 0 Å². The topological polar surface area (TPSA) is 90.9 Å². The van der Waals surface area contributed by atoms with Gasteiger partial charge in [-0.2, -0.15) is 0 Å². The Balaban J connectivity index is 2.21. The molecule has 0 saturated carbocycles. The maximum absolute atomic E-state index is 11.8. The Morgan fingerprint density at radius 3 is 2.62 bits per heavy atom. The number of carboxylic acids is 1. The highest BCUT2D eigenvalue weighted by molar-refractivity contribution is 5.86. The smallest absolute Gasteiger partial charge is 0.332 e. The van der Waals surface area contributed by atoms with Gasteiger partial charge in [0.05, 0.1) is 6.61 Å². The number of carbonyl (C=O) groups excluding carboxylic acids is 1. The average Bonchev–Trinajstić information content (AvgIpc) is 2.87. The number of amides is 2. The number of unbranched alkanes of at least 4 members (excludes halogenated alkanes) is 1. The molecule has 122 valence electrons. The molecular formula is C14H27N3O4. The first kappa shape index (κ1) is 17.7. The van der Waals surface area contributed by atoms with Gasteiger partial charge in [-0.15, -0.1) is 0 Å². The molecule has 21 heavy (non-hydrogen) atoms. The van der Waals surface area contributed by atoms with Crippen LogP contribution in [0.15, 0.2) is 0 Å². The molecule has 0 aromatic heterocycles. The Morgan fingerprint density at radius 1 is 1.38 bits per heavy atom. The van der Waals surface area contributed by atoms with Crippen LogP contribution in [0.4, 0.5) is 4.79 Å². The lowest BCUT2D eigenvalue weighted by Gasteiger charge is -2.24. The summed E-state index contributed by atoms with van der Waals surface area (Å²) in [6.45, 7) is 6.17. The molecule has 1 aliphatic heterocycles. The monoisotopic (exact) mass is 301 g/mol. The molecule has 7 nitrogen and oxygen atoms in total. The Kier molecular flexibility index (Phi) is 6.91. The van der Waals surface area contributed by atoms with Crippen molar-refractivity contribution in [2.75, 3.05) is 33.4 Å². The van der Waals surface area contributed by atoms with Crippen LogP contribution in [0.5, 0.6) is 0 Å². The minimum atomic E-state index is -1.28. The van der Waals surface area contributed by atoms with Crippen LogP contribution in [-0.2, 0) is 9.53 Å². The molecule has 1 aliphatic rings. The Morgan fingerprint density at radius 2 is 2.10 bits per heavy atom. The minimum absolute atomic E-state index is 0.0228. The van der Waals surface area contributed by atoms with Crippen LogP contribution in [0.2, 0.25) is 0 Å². The summed E-state index contributed by atoms with van der Waals surface area (Å²) in [6.07, 6.45) is 2.15. The van der Waals surface area contributed by atoms with Crippen LogP contribution in [0.3, 0.4) is 0 Å². The Labute approximate surface area is 126 Å². The third-order valence-corrected chi connectivity index (χ3v) is 3.89. The Hall–Kier alpha value is -1.34. The fraction of sp³-hybridized carbons (Fsp3) is 0.857. The van der Waals surface area contributed by atoms with Crippen molar-refractivity contribution >= 4 is 12.0 Å². The van der Waals surface area contributed by atoms with Gasteiger partial charge in [-0.3, -0.25) is 0 Å². The summed E-state index contributed by atoms with van der Waals surface area (Å²) in [5.74, 6) is -1.05. The van der Waals surface area contributed by atoms with E-state index in [1.54, 1.807) is 0 Å². The zero-order valence-corrected chi connectivity index (χ0v) is 13.1. The third-order valence-electron chi connectivity index (χ3n) is 3.89. The molecule has 0 aromatic carbocycles. The highest BCUT2D eigenvalue weighted by atomic mass is 16.5. The lowest BCUT2D eigenvalue weighted by molar-refractivity contribution is -0.144. The molecule has 1 fully saturated rings. The lowest BCUT2D eigenvalue weighted by atomic mass is 9.99. The number of carboxylic acid groups (broad SMARTS) is 1. The number of hydrogen-bond donors (Lipinski definition) is 3. The van der Waals surface area contributed by atoms with E-state index in [-0.39, 0.29) is 6.61 Å². The molecule has 0 radical (unpaired) electrons. The Bertz CT molecular complexity index is 354. The predicted octanol–water partition coefficient (Wildman–Crippen LogP) is 0.650. The number of urea groups is 1. The molecule has 1 atom stereocenters. The fourth-order valence-electron chi connectivity index (χ4n) is 2.09. The molecule has 0 spiro atoms. The van der Waals surface area contributed by atoms with Crippen molar-refractivity contribution in [2.45, 2.75) is 44.7 Å². The number of ether oxygens (including phenoxy) is 1. The summed E-state index contributed by atoms with van der Waals surface area (Å²) < 4.78 is 5.09. The molecule has 1 heterocycles. The second kappa shape index (κ2) is 8.19. The van der Waals surface area contributed by atoms with Crippen molar-refractivity contribution in [2.24, 2.45) is 0 Å². The summed E-state index contributed by atoms with van der Waals surface area (Å²) >= 11 is 0. The number of hydrogen-bond acceptors (Lipinski definition) is 4. The van der Waals surface area contributed by atoms with Gasteiger partial charge in [0.25, 0.3) is 0 Å². The highest BCUT2D eigenvalue weighted by Crippen LogP contribution is 2.18. The summed E-state index contributed by atoms with van der Waals surface area (Å²) in [5, 5.41) is 14.4.